The van der Waals surface area contributed by atoms with Gasteiger partial charge in [-0.05, 0) is 36.6 Å². The van der Waals surface area contributed by atoms with Crippen LogP contribution in [0.25, 0.3) is 6.08 Å². The van der Waals surface area contributed by atoms with Crippen molar-refractivity contribution in [1.29, 1.82) is 0 Å². The summed E-state index contributed by atoms with van der Waals surface area (Å²) in [5.41, 5.74) is 1.41. The topological polar surface area (TPSA) is 55.6 Å². The molecule has 0 unspecified atom stereocenters. The molecule has 0 aromatic carbocycles. The van der Waals surface area contributed by atoms with E-state index in [-0.39, 0.29) is 0 Å². The van der Waals surface area contributed by atoms with Crippen molar-refractivity contribution in [1.82, 2.24) is 20.6 Å². The van der Waals surface area contributed by atoms with E-state index in [1.165, 1.54) is 0 Å². The van der Waals surface area contributed by atoms with Crippen molar-refractivity contribution < 1.29 is 0 Å². The Morgan fingerprint density at radius 1 is 0.905 bits per heavy atom. The molecule has 10 heteroatoms. The molecule has 1 aromatic rings. The van der Waals surface area contributed by atoms with Gasteiger partial charge >= 0.3 is 0 Å². The highest BCUT2D eigenvalue weighted by Gasteiger charge is 2.18. The Kier molecular flexibility index (Phi) is 5.52. The van der Waals surface area contributed by atoms with Gasteiger partial charge < -0.3 is 20.6 Å². The van der Waals surface area contributed by atoms with Crippen molar-refractivity contribution in [3.05, 3.63) is 32.7 Å². The molecule has 0 bridgehead atoms. The van der Waals surface area contributed by atoms with Gasteiger partial charge in [0, 0.05) is 11.1 Å². The highest BCUT2D eigenvalue weighted by atomic mass is 32.1. The number of H-pyrrole nitrogens is 2. The van der Waals surface area contributed by atoms with Crippen LogP contribution in [0.15, 0.2) is 22.8 Å². The van der Waals surface area contributed by atoms with Gasteiger partial charge in [-0.2, -0.15) is 0 Å². The third-order valence-corrected chi connectivity index (χ3v) is 4.15. The van der Waals surface area contributed by atoms with Gasteiger partial charge in [-0.15, -0.1) is 12.6 Å². The van der Waals surface area contributed by atoms with Crippen LogP contribution in [-0.4, -0.2) is 25.1 Å². The maximum atomic E-state index is 5.20. The molecule has 2 heterocycles. The van der Waals surface area contributed by atoms with Crippen LogP contribution >= 0.6 is 73.7 Å². The van der Waals surface area contributed by atoms with E-state index >= 15 is 0 Å². The smallest absolute Gasteiger partial charge is 0.176 e. The van der Waals surface area contributed by atoms with Crippen LogP contribution in [0.5, 0.6) is 0 Å². The lowest BCUT2D eigenvalue weighted by Gasteiger charge is -2.20. The second-order valence-electron chi connectivity index (χ2n) is 3.85. The Hall–Kier alpha value is -0.780. The van der Waals surface area contributed by atoms with Crippen LogP contribution < -0.4 is 10.6 Å². The summed E-state index contributed by atoms with van der Waals surface area (Å²) in [6.07, 6.45) is 5.34. The minimum absolute atomic E-state index is 0.404. The van der Waals surface area contributed by atoms with E-state index in [0.717, 1.165) is 5.56 Å². The number of thiol groups is 1. The van der Waals surface area contributed by atoms with Crippen molar-refractivity contribution in [3.8, 4) is 0 Å². The number of hydrogen-bond donors (Lipinski definition) is 5. The van der Waals surface area contributed by atoms with E-state index in [0.29, 0.717) is 35.1 Å². The predicted octanol–water partition coefficient (Wildman–Crippen LogP) is 3.16. The van der Waals surface area contributed by atoms with Crippen molar-refractivity contribution in [2.75, 3.05) is 0 Å². The zero-order chi connectivity index (χ0) is 15.6. The molecule has 0 spiro atoms. The Morgan fingerprint density at radius 3 is 2.10 bits per heavy atom. The van der Waals surface area contributed by atoms with Crippen molar-refractivity contribution in [2.45, 2.75) is 5.03 Å². The molecule has 0 radical (unpaired) electrons. The number of thiocarbonyl (C=S) groups is 3. The zero-order valence-electron chi connectivity index (χ0n) is 10.2. The molecule has 1 fully saturated rings. The van der Waals surface area contributed by atoms with Gasteiger partial charge in [0.15, 0.2) is 9.88 Å². The molecule has 4 nitrogen and oxygen atoms in total. The second-order valence-corrected chi connectivity index (χ2v) is 6.34. The van der Waals surface area contributed by atoms with Gasteiger partial charge in [0.2, 0.25) is 0 Å². The number of aromatic nitrogens is 2. The van der Waals surface area contributed by atoms with Gasteiger partial charge in [-0.1, -0.05) is 42.7 Å². The van der Waals surface area contributed by atoms with Crippen molar-refractivity contribution in [3.63, 3.8) is 0 Å². The monoisotopic (exact) mass is 388 g/mol. The molecule has 0 aliphatic carbocycles. The molecule has 0 atom stereocenters. The number of allylic oxidation sites excluding steroid dienone is 2. The van der Waals surface area contributed by atoms with Crippen molar-refractivity contribution >= 4 is 94.9 Å². The number of nitrogens with one attached hydrogen (secondary N) is 4. The summed E-state index contributed by atoms with van der Waals surface area (Å²) < 4.78 is 0.932. The van der Waals surface area contributed by atoms with Crippen LogP contribution in [0.3, 0.4) is 0 Å². The summed E-state index contributed by atoms with van der Waals surface area (Å²) in [7, 11) is 0. The van der Waals surface area contributed by atoms with Crippen molar-refractivity contribution in [2.24, 2.45) is 0 Å². The maximum absolute atomic E-state index is 5.20. The van der Waals surface area contributed by atoms with E-state index in [2.05, 4.69) is 33.2 Å². The highest BCUT2D eigenvalue weighted by molar-refractivity contribution is 7.84. The molecule has 0 saturated carbocycles. The molecule has 0 amide bonds. The number of hydrogen-bond acceptors (Lipinski definition) is 6. The van der Waals surface area contributed by atoms with E-state index in [4.69, 9.17) is 61.1 Å². The molecule has 2 rings (SSSR count). The third-order valence-electron chi connectivity index (χ3n) is 2.43. The molecule has 108 valence electrons. The maximum Gasteiger partial charge on any atom is 0.176 e. The fourth-order valence-electron chi connectivity index (χ4n) is 1.51. The van der Waals surface area contributed by atoms with E-state index in [9.17, 15) is 0 Å². The van der Waals surface area contributed by atoms with Crippen LogP contribution in [0.1, 0.15) is 5.56 Å². The number of rotatable bonds is 2. The van der Waals surface area contributed by atoms with Gasteiger partial charge in [0.05, 0.1) is 5.03 Å². The summed E-state index contributed by atoms with van der Waals surface area (Å²) in [6, 6.07) is 0. The Morgan fingerprint density at radius 2 is 1.52 bits per heavy atom. The summed E-state index contributed by atoms with van der Waals surface area (Å²) >= 11 is 29.8. The first kappa shape index (κ1) is 16.6. The molecule has 4 N–H and O–H groups in total. The first-order valence-electron chi connectivity index (χ1n) is 5.49. The highest BCUT2D eigenvalue weighted by Crippen LogP contribution is 2.14. The minimum Gasteiger partial charge on any atom is -0.327 e. The molecule has 1 saturated heterocycles. The first-order valence-corrected chi connectivity index (χ1v) is 7.98. The van der Waals surface area contributed by atoms with Crippen LogP contribution in [0, 0.1) is 9.41 Å². The zero-order valence-corrected chi connectivity index (χ0v) is 15.2. The summed E-state index contributed by atoms with van der Waals surface area (Å²) in [5, 5.41) is 6.67. The van der Waals surface area contributed by atoms with Crippen LogP contribution in [0.2, 0.25) is 0 Å². The SMILES string of the molecule is S=C1NC(=S)C(=C/C=C/c2c(S)[nH]c(=S)[nH]c2=S)C(=S)N1. The fraction of sp³-hybridized carbons (Fsp3) is 0. The van der Waals surface area contributed by atoms with Gasteiger partial charge in [-0.25, -0.2) is 0 Å². The fourth-order valence-corrected chi connectivity index (χ4v) is 3.44. The average Bonchev–Trinajstić information content (AvgIpc) is 2.34. The van der Waals surface area contributed by atoms with Crippen LogP contribution in [-0.2, 0) is 0 Å². The third kappa shape index (κ3) is 4.11. The molecular weight excluding hydrogens is 381 g/mol. The largest absolute Gasteiger partial charge is 0.327 e. The molecule has 21 heavy (non-hydrogen) atoms. The normalized spacial score (nSPS) is 15.1. The van der Waals surface area contributed by atoms with Gasteiger partial charge in [0.1, 0.15) is 14.6 Å². The predicted molar refractivity (Wildman–Crippen MR) is 105 cm³/mol. The Labute approximate surface area is 152 Å². The quantitative estimate of drug-likeness (QED) is 0.231. The standard InChI is InChI=1S/C11H8N4S6/c16-6-4(7(17)13-10(20)12-6)2-1-3-5-8(18)14-11(21)15-9(5)19/h1-3H,(H2,12,13,16,17,20)(H3,14,15,18,19,21)/b3-1+. The lowest BCUT2D eigenvalue weighted by atomic mass is 10.2. The summed E-state index contributed by atoms with van der Waals surface area (Å²) in [6.45, 7) is 0. The average molecular weight is 389 g/mol. The Balaban J connectivity index is 2.31. The van der Waals surface area contributed by atoms with E-state index < -0.39 is 0 Å². The van der Waals surface area contributed by atoms with Gasteiger partial charge in [0.25, 0.3) is 0 Å². The minimum atomic E-state index is 0.404. The molecular formula is C11H8N4S6. The lowest BCUT2D eigenvalue weighted by Crippen LogP contribution is -2.49. The lowest BCUT2D eigenvalue weighted by molar-refractivity contribution is 1.01. The molecule has 1 aliphatic rings. The Bertz CT molecular complexity index is 791. The van der Waals surface area contributed by atoms with Gasteiger partial charge in [-0.3, -0.25) is 0 Å². The molecule has 1 aromatic heterocycles. The first-order chi connectivity index (χ1) is 9.88. The van der Waals surface area contributed by atoms with Crippen LogP contribution in [0.4, 0.5) is 0 Å². The van der Waals surface area contributed by atoms with E-state index in [1.807, 2.05) is 0 Å². The molecule has 1 aliphatic heterocycles. The summed E-state index contributed by atoms with van der Waals surface area (Å²) in [4.78, 5) is 6.70. The number of aromatic amines is 2. The summed E-state index contributed by atoms with van der Waals surface area (Å²) in [5.74, 6) is 0. The van der Waals surface area contributed by atoms with E-state index in [1.54, 1.807) is 18.2 Å². The second kappa shape index (κ2) is 6.99.